The summed E-state index contributed by atoms with van der Waals surface area (Å²) in [4.78, 5) is 11.1. The first-order chi connectivity index (χ1) is 11.8. The molecule has 0 aliphatic heterocycles. The van der Waals surface area contributed by atoms with Crippen LogP contribution in [-0.2, 0) is 23.7 Å². The van der Waals surface area contributed by atoms with Crippen LogP contribution in [0.5, 0.6) is 0 Å². The van der Waals surface area contributed by atoms with Crippen LogP contribution in [0.25, 0.3) is 0 Å². The molecule has 0 aliphatic carbocycles. The third kappa shape index (κ3) is 19.4. The molecule has 0 saturated heterocycles. The SMILES string of the molecule is CCCCCCCCCCOCCOCCOCCC(=O)OCC. The van der Waals surface area contributed by atoms with Crippen molar-refractivity contribution in [2.45, 2.75) is 71.6 Å². The Morgan fingerprint density at radius 3 is 1.71 bits per heavy atom. The average Bonchev–Trinajstić information content (AvgIpc) is 2.58. The van der Waals surface area contributed by atoms with Gasteiger partial charge in [-0.3, -0.25) is 4.79 Å². The molecule has 0 N–H and O–H groups in total. The Kier molecular flexibility index (Phi) is 19.8. The van der Waals surface area contributed by atoms with E-state index < -0.39 is 0 Å². The number of carbonyl (C=O) groups excluding carboxylic acids is 1. The number of unbranched alkanes of at least 4 members (excludes halogenated alkanes) is 7. The molecule has 0 aromatic heterocycles. The zero-order valence-corrected chi connectivity index (χ0v) is 15.9. The van der Waals surface area contributed by atoms with Crippen LogP contribution in [-0.4, -0.2) is 52.2 Å². The number of hydrogen-bond donors (Lipinski definition) is 0. The lowest BCUT2D eigenvalue weighted by molar-refractivity contribution is -0.144. The van der Waals surface area contributed by atoms with Crippen molar-refractivity contribution in [3.05, 3.63) is 0 Å². The van der Waals surface area contributed by atoms with Gasteiger partial charge in [0, 0.05) is 6.61 Å². The monoisotopic (exact) mass is 346 g/mol. The van der Waals surface area contributed by atoms with Gasteiger partial charge in [0.15, 0.2) is 0 Å². The molecule has 0 aromatic carbocycles. The van der Waals surface area contributed by atoms with Gasteiger partial charge in [0.2, 0.25) is 0 Å². The molecule has 0 bridgehead atoms. The Balaban J connectivity index is 3.01. The molecule has 5 nitrogen and oxygen atoms in total. The van der Waals surface area contributed by atoms with Crippen LogP contribution in [0.1, 0.15) is 71.6 Å². The van der Waals surface area contributed by atoms with Crippen molar-refractivity contribution in [1.82, 2.24) is 0 Å². The molecule has 0 aromatic rings. The van der Waals surface area contributed by atoms with Gasteiger partial charge in [-0.1, -0.05) is 51.9 Å². The summed E-state index contributed by atoms with van der Waals surface area (Å²) in [5.74, 6) is -0.215. The maximum Gasteiger partial charge on any atom is 0.308 e. The zero-order valence-electron chi connectivity index (χ0n) is 15.9. The Morgan fingerprint density at radius 1 is 0.625 bits per heavy atom. The highest BCUT2D eigenvalue weighted by Gasteiger charge is 2.00. The molecule has 0 aliphatic rings. The van der Waals surface area contributed by atoms with Crippen molar-refractivity contribution < 1.29 is 23.7 Å². The van der Waals surface area contributed by atoms with Gasteiger partial charge in [-0.05, 0) is 13.3 Å². The summed E-state index contributed by atoms with van der Waals surface area (Å²) in [7, 11) is 0. The molecular formula is C19H38O5. The molecule has 0 atom stereocenters. The van der Waals surface area contributed by atoms with Gasteiger partial charge in [-0.25, -0.2) is 0 Å². The van der Waals surface area contributed by atoms with Gasteiger partial charge in [0.25, 0.3) is 0 Å². The largest absolute Gasteiger partial charge is 0.466 e. The summed E-state index contributed by atoms with van der Waals surface area (Å²) in [5.41, 5.74) is 0. The quantitative estimate of drug-likeness (QED) is 0.260. The molecule has 0 rings (SSSR count). The fraction of sp³-hybridized carbons (Fsp3) is 0.947. The molecule has 0 saturated carbocycles. The molecule has 0 spiro atoms. The third-order valence-corrected chi connectivity index (χ3v) is 3.64. The Morgan fingerprint density at radius 2 is 1.12 bits per heavy atom. The van der Waals surface area contributed by atoms with Gasteiger partial charge in [0.1, 0.15) is 0 Å². The summed E-state index contributed by atoms with van der Waals surface area (Å²) in [6.07, 6.45) is 10.9. The number of hydrogen-bond acceptors (Lipinski definition) is 5. The molecule has 0 heterocycles. The highest BCUT2D eigenvalue weighted by Crippen LogP contribution is 2.08. The van der Waals surface area contributed by atoms with E-state index in [0.29, 0.717) is 46.1 Å². The summed E-state index contributed by atoms with van der Waals surface area (Å²) in [5, 5.41) is 0. The second kappa shape index (κ2) is 20.4. The molecule has 0 radical (unpaired) electrons. The van der Waals surface area contributed by atoms with Crippen LogP contribution < -0.4 is 0 Å². The van der Waals surface area contributed by atoms with E-state index in [1.807, 2.05) is 0 Å². The first kappa shape index (κ1) is 23.4. The standard InChI is InChI=1S/C19H38O5/c1-3-5-6-7-8-9-10-11-13-21-15-17-23-18-16-22-14-12-19(20)24-4-2/h3-18H2,1-2H3. The van der Waals surface area contributed by atoms with Crippen LogP contribution >= 0.6 is 0 Å². The van der Waals surface area contributed by atoms with Crippen LogP contribution in [0.15, 0.2) is 0 Å². The second-order valence-electron chi connectivity index (χ2n) is 5.87. The van der Waals surface area contributed by atoms with Crippen LogP contribution in [0.3, 0.4) is 0 Å². The van der Waals surface area contributed by atoms with E-state index in [9.17, 15) is 4.79 Å². The van der Waals surface area contributed by atoms with E-state index in [2.05, 4.69) is 6.92 Å². The molecule has 5 heteroatoms. The van der Waals surface area contributed by atoms with E-state index >= 15 is 0 Å². The lowest BCUT2D eigenvalue weighted by Crippen LogP contribution is -2.12. The van der Waals surface area contributed by atoms with Crippen LogP contribution in [0, 0.1) is 0 Å². The molecule has 24 heavy (non-hydrogen) atoms. The van der Waals surface area contributed by atoms with Crippen LogP contribution in [0.2, 0.25) is 0 Å². The van der Waals surface area contributed by atoms with E-state index in [1.54, 1.807) is 6.92 Å². The first-order valence-electron chi connectivity index (χ1n) is 9.70. The zero-order chi connectivity index (χ0) is 17.7. The lowest BCUT2D eigenvalue weighted by atomic mass is 10.1. The minimum atomic E-state index is -0.215. The van der Waals surface area contributed by atoms with Gasteiger partial charge in [-0.15, -0.1) is 0 Å². The molecule has 0 amide bonds. The predicted octanol–water partition coefficient (Wildman–Crippen LogP) is 4.13. The highest BCUT2D eigenvalue weighted by molar-refractivity contribution is 5.69. The van der Waals surface area contributed by atoms with Crippen molar-refractivity contribution in [2.24, 2.45) is 0 Å². The van der Waals surface area contributed by atoms with Crippen molar-refractivity contribution in [1.29, 1.82) is 0 Å². The summed E-state index contributed by atoms with van der Waals surface area (Å²) in [6, 6.07) is 0. The molecular weight excluding hydrogens is 308 g/mol. The Labute approximate surface area is 148 Å². The highest BCUT2D eigenvalue weighted by atomic mass is 16.5. The predicted molar refractivity (Wildman–Crippen MR) is 96.3 cm³/mol. The first-order valence-corrected chi connectivity index (χ1v) is 9.70. The normalized spacial score (nSPS) is 10.9. The molecule has 0 fully saturated rings. The fourth-order valence-corrected chi connectivity index (χ4v) is 2.27. The Hall–Kier alpha value is -0.650. The number of ether oxygens (including phenoxy) is 4. The third-order valence-electron chi connectivity index (χ3n) is 3.64. The summed E-state index contributed by atoms with van der Waals surface area (Å²) >= 11 is 0. The second-order valence-corrected chi connectivity index (χ2v) is 5.87. The van der Waals surface area contributed by atoms with Crippen molar-refractivity contribution in [3.63, 3.8) is 0 Å². The van der Waals surface area contributed by atoms with E-state index in [1.165, 1.54) is 44.9 Å². The summed E-state index contributed by atoms with van der Waals surface area (Å²) < 4.78 is 21.0. The average molecular weight is 347 g/mol. The summed E-state index contributed by atoms with van der Waals surface area (Å²) in [6.45, 7) is 7.94. The smallest absolute Gasteiger partial charge is 0.308 e. The van der Waals surface area contributed by atoms with Gasteiger partial charge < -0.3 is 18.9 Å². The maximum atomic E-state index is 11.1. The van der Waals surface area contributed by atoms with Gasteiger partial charge in [0.05, 0.1) is 46.1 Å². The molecule has 0 unspecified atom stereocenters. The van der Waals surface area contributed by atoms with Crippen LogP contribution in [0.4, 0.5) is 0 Å². The van der Waals surface area contributed by atoms with Gasteiger partial charge in [-0.2, -0.15) is 0 Å². The number of carbonyl (C=O) groups is 1. The topological polar surface area (TPSA) is 54.0 Å². The van der Waals surface area contributed by atoms with Gasteiger partial charge >= 0.3 is 5.97 Å². The van der Waals surface area contributed by atoms with E-state index in [4.69, 9.17) is 18.9 Å². The minimum Gasteiger partial charge on any atom is -0.466 e. The molecule has 144 valence electrons. The van der Waals surface area contributed by atoms with Crippen molar-refractivity contribution in [3.8, 4) is 0 Å². The fourth-order valence-electron chi connectivity index (χ4n) is 2.27. The van der Waals surface area contributed by atoms with E-state index in [0.717, 1.165) is 13.0 Å². The van der Waals surface area contributed by atoms with Crippen molar-refractivity contribution in [2.75, 3.05) is 46.2 Å². The maximum absolute atomic E-state index is 11.1. The van der Waals surface area contributed by atoms with E-state index in [-0.39, 0.29) is 5.97 Å². The Bertz CT molecular complexity index is 258. The van der Waals surface area contributed by atoms with Crippen molar-refractivity contribution >= 4 is 5.97 Å². The number of esters is 1. The number of rotatable bonds is 19. The lowest BCUT2D eigenvalue weighted by Gasteiger charge is -2.07. The minimum absolute atomic E-state index is 0.215.